The van der Waals surface area contributed by atoms with Gasteiger partial charge in [0.15, 0.2) is 0 Å². The molecule has 0 fully saturated rings. The number of fused-ring (bicyclic) bond motifs is 1. The second-order valence-corrected chi connectivity index (χ2v) is 2.51. The summed E-state index contributed by atoms with van der Waals surface area (Å²) in [4.78, 5) is 0. The molecular weight excluding hydrogens is 152 g/mol. The van der Waals surface area contributed by atoms with Crippen LogP contribution >= 0.6 is 0 Å². The third kappa shape index (κ3) is 0.753. The third-order valence-corrected chi connectivity index (χ3v) is 1.83. The highest BCUT2D eigenvalue weighted by Crippen LogP contribution is 2.17. The highest BCUT2D eigenvalue weighted by Gasteiger charge is 2.02. The van der Waals surface area contributed by atoms with E-state index < -0.39 is 0 Å². The van der Waals surface area contributed by atoms with Crippen molar-refractivity contribution in [3.05, 3.63) is 36.0 Å². The van der Waals surface area contributed by atoms with E-state index >= 15 is 0 Å². The molecule has 1 N–H and O–H groups in total. The second kappa shape index (κ2) is 2.28. The first-order valence-corrected chi connectivity index (χ1v) is 3.52. The van der Waals surface area contributed by atoms with Crippen molar-refractivity contribution in [3.8, 4) is 6.07 Å². The van der Waals surface area contributed by atoms with Crippen molar-refractivity contribution >= 4 is 10.9 Å². The van der Waals surface area contributed by atoms with E-state index in [-0.39, 0.29) is 0 Å². The molecule has 0 aliphatic heterocycles. The molecule has 3 nitrogen and oxygen atoms in total. The van der Waals surface area contributed by atoms with Crippen molar-refractivity contribution in [2.24, 2.45) is 0 Å². The van der Waals surface area contributed by atoms with Crippen molar-refractivity contribution in [1.82, 2.24) is 4.73 Å². The summed E-state index contributed by atoms with van der Waals surface area (Å²) in [6, 6.07) is 9.00. The molecule has 12 heavy (non-hydrogen) atoms. The van der Waals surface area contributed by atoms with Gasteiger partial charge in [-0.2, -0.15) is 9.99 Å². The van der Waals surface area contributed by atoms with Crippen LogP contribution in [0.4, 0.5) is 0 Å². The fourth-order valence-electron chi connectivity index (χ4n) is 1.25. The van der Waals surface area contributed by atoms with Crippen molar-refractivity contribution < 1.29 is 5.21 Å². The molecule has 0 unspecified atom stereocenters. The molecule has 2 aromatic rings. The minimum atomic E-state index is 0.584. The molecule has 0 radical (unpaired) electrons. The lowest BCUT2D eigenvalue weighted by molar-refractivity contribution is 0.200. The molecule has 58 valence electrons. The van der Waals surface area contributed by atoms with Gasteiger partial charge in [0.25, 0.3) is 0 Å². The second-order valence-electron chi connectivity index (χ2n) is 2.51. The number of hydrogen-bond donors (Lipinski definition) is 1. The van der Waals surface area contributed by atoms with Crippen LogP contribution in [0.25, 0.3) is 10.9 Å². The molecule has 0 saturated carbocycles. The monoisotopic (exact) mass is 158 g/mol. The zero-order valence-corrected chi connectivity index (χ0v) is 6.23. The van der Waals surface area contributed by atoms with Crippen molar-refractivity contribution in [1.29, 1.82) is 5.26 Å². The number of rotatable bonds is 0. The summed E-state index contributed by atoms with van der Waals surface area (Å²) >= 11 is 0. The molecule has 1 aromatic heterocycles. The van der Waals surface area contributed by atoms with E-state index in [1.54, 1.807) is 24.3 Å². The Kier molecular flexibility index (Phi) is 1.28. The summed E-state index contributed by atoms with van der Waals surface area (Å²) in [6.07, 6.45) is 1.52. The molecule has 0 spiro atoms. The maximum atomic E-state index is 9.24. The van der Waals surface area contributed by atoms with Gasteiger partial charge in [0.1, 0.15) is 0 Å². The van der Waals surface area contributed by atoms with E-state index in [0.717, 1.165) is 10.1 Å². The molecule has 3 heteroatoms. The first-order chi connectivity index (χ1) is 5.83. The van der Waals surface area contributed by atoms with Crippen LogP contribution in [0.2, 0.25) is 0 Å². The molecule has 0 amide bonds. The summed E-state index contributed by atoms with van der Waals surface area (Å²) in [5.41, 5.74) is 1.24. The molecule has 1 heterocycles. The molecule has 1 aromatic carbocycles. The van der Waals surface area contributed by atoms with Crippen molar-refractivity contribution in [3.63, 3.8) is 0 Å². The zero-order chi connectivity index (χ0) is 8.55. The molecule has 2 rings (SSSR count). The van der Waals surface area contributed by atoms with Gasteiger partial charge >= 0.3 is 0 Å². The number of aromatic nitrogens is 1. The van der Waals surface area contributed by atoms with E-state index in [9.17, 15) is 5.21 Å². The first-order valence-electron chi connectivity index (χ1n) is 3.52. The van der Waals surface area contributed by atoms with E-state index in [2.05, 4.69) is 6.07 Å². The summed E-state index contributed by atoms with van der Waals surface area (Å²) in [6.45, 7) is 0. The van der Waals surface area contributed by atoms with Gasteiger partial charge < -0.3 is 5.21 Å². The van der Waals surface area contributed by atoms with Crippen LogP contribution in [0, 0.1) is 11.3 Å². The van der Waals surface area contributed by atoms with E-state index in [0.29, 0.717) is 11.1 Å². The summed E-state index contributed by atoms with van der Waals surface area (Å²) < 4.78 is 1.01. The predicted octanol–water partition coefficient (Wildman–Crippen LogP) is 1.75. The molecule has 0 aliphatic rings. The maximum absolute atomic E-state index is 9.24. The molecule has 0 bridgehead atoms. The van der Waals surface area contributed by atoms with Crippen LogP contribution in [0.1, 0.15) is 5.56 Å². The van der Waals surface area contributed by atoms with Gasteiger partial charge in [0, 0.05) is 11.6 Å². The quantitative estimate of drug-likeness (QED) is 0.594. The van der Waals surface area contributed by atoms with Gasteiger partial charge in [-0.25, -0.2) is 0 Å². The van der Waals surface area contributed by atoms with E-state index in [1.807, 2.05) is 0 Å². The average Bonchev–Trinajstić information content (AvgIpc) is 2.48. The van der Waals surface area contributed by atoms with Gasteiger partial charge in [-0.05, 0) is 18.2 Å². The fourth-order valence-corrected chi connectivity index (χ4v) is 1.25. The Balaban J connectivity index is 2.92. The normalized spacial score (nSPS) is 9.92. The number of hydrogen-bond acceptors (Lipinski definition) is 2. The largest absolute Gasteiger partial charge is 0.428 e. The van der Waals surface area contributed by atoms with Crippen LogP contribution in [0.3, 0.4) is 0 Å². The third-order valence-electron chi connectivity index (χ3n) is 1.83. The fraction of sp³-hybridized carbons (Fsp3) is 0. The number of nitriles is 1. The first kappa shape index (κ1) is 6.74. The van der Waals surface area contributed by atoms with Crippen LogP contribution in [0.5, 0.6) is 0 Å². The summed E-state index contributed by atoms with van der Waals surface area (Å²) in [7, 11) is 0. The van der Waals surface area contributed by atoms with Crippen molar-refractivity contribution in [2.45, 2.75) is 0 Å². The zero-order valence-electron chi connectivity index (χ0n) is 6.23. The van der Waals surface area contributed by atoms with Crippen molar-refractivity contribution in [2.75, 3.05) is 0 Å². The summed E-state index contributed by atoms with van der Waals surface area (Å²) in [5, 5.41) is 18.7. The Bertz CT molecular complexity index is 465. The van der Waals surface area contributed by atoms with Crippen LogP contribution in [-0.2, 0) is 0 Å². The van der Waals surface area contributed by atoms with Gasteiger partial charge in [-0.15, -0.1) is 0 Å². The standard InChI is InChI=1S/C9H6N2O/c10-6-7-2-1-3-9-8(7)4-5-11(9)12/h1-5,12H. The van der Waals surface area contributed by atoms with Gasteiger partial charge in [-0.1, -0.05) is 6.07 Å². The highest BCUT2D eigenvalue weighted by molar-refractivity contribution is 5.85. The molecule has 0 aliphatic carbocycles. The highest BCUT2D eigenvalue weighted by atomic mass is 16.5. The van der Waals surface area contributed by atoms with E-state index in [4.69, 9.17) is 5.26 Å². The maximum Gasteiger partial charge on any atom is 0.0998 e. The lowest BCUT2D eigenvalue weighted by Gasteiger charge is -1.94. The average molecular weight is 158 g/mol. The van der Waals surface area contributed by atoms with Crippen LogP contribution in [0.15, 0.2) is 30.5 Å². The minimum absolute atomic E-state index is 0.584. The smallest absolute Gasteiger partial charge is 0.0998 e. The molecule has 0 saturated heterocycles. The Hall–Kier alpha value is -1.95. The Morgan fingerprint density at radius 2 is 2.17 bits per heavy atom. The lowest BCUT2D eigenvalue weighted by atomic mass is 10.1. The van der Waals surface area contributed by atoms with Gasteiger partial charge in [-0.3, -0.25) is 0 Å². The number of nitrogens with zero attached hydrogens (tertiary/aromatic N) is 2. The number of benzene rings is 1. The minimum Gasteiger partial charge on any atom is -0.428 e. The Labute approximate surface area is 69.0 Å². The van der Waals surface area contributed by atoms with Crippen LogP contribution in [-0.4, -0.2) is 9.94 Å². The topological polar surface area (TPSA) is 49.0 Å². The summed E-state index contributed by atoms with van der Waals surface area (Å²) in [5.74, 6) is 0. The molecular formula is C9H6N2O. The van der Waals surface area contributed by atoms with E-state index in [1.165, 1.54) is 6.20 Å². The predicted molar refractivity (Wildman–Crippen MR) is 43.8 cm³/mol. The SMILES string of the molecule is N#Cc1cccc2c1ccn2O. The van der Waals surface area contributed by atoms with Gasteiger partial charge in [0.05, 0.1) is 17.1 Å². The molecule has 0 atom stereocenters. The van der Waals surface area contributed by atoms with Crippen LogP contribution < -0.4 is 0 Å². The Morgan fingerprint density at radius 3 is 2.92 bits per heavy atom. The lowest BCUT2D eigenvalue weighted by Crippen LogP contribution is -1.85. The Morgan fingerprint density at radius 1 is 1.33 bits per heavy atom. The van der Waals surface area contributed by atoms with Gasteiger partial charge in [0.2, 0.25) is 0 Å².